The minimum Gasteiger partial charge on any atom is -0.400 e. The van der Waals surface area contributed by atoms with Gasteiger partial charge < -0.3 is 4.42 Å². The van der Waals surface area contributed by atoms with Gasteiger partial charge in [-0.1, -0.05) is 19.3 Å². The predicted octanol–water partition coefficient (Wildman–Crippen LogP) is 2.22. The molecule has 1 saturated carbocycles. The molecule has 1 N–H and O–H groups in total. The first kappa shape index (κ1) is 13.3. The molecule has 0 radical (unpaired) electrons. The summed E-state index contributed by atoms with van der Waals surface area (Å²) in [6, 6.07) is 2.67. The average molecular weight is 265 g/mol. The van der Waals surface area contributed by atoms with Crippen LogP contribution in [0.15, 0.2) is 21.7 Å². The zero-order valence-electron chi connectivity index (χ0n) is 10.4. The highest BCUT2D eigenvalue weighted by Crippen LogP contribution is 2.23. The van der Waals surface area contributed by atoms with E-state index < -0.39 is 4.92 Å². The van der Waals surface area contributed by atoms with Gasteiger partial charge in [-0.25, -0.2) is 5.43 Å². The molecule has 0 unspecified atom stereocenters. The summed E-state index contributed by atoms with van der Waals surface area (Å²) in [5, 5.41) is 14.1. The Morgan fingerprint density at radius 2 is 2.16 bits per heavy atom. The Morgan fingerprint density at radius 1 is 1.42 bits per heavy atom. The van der Waals surface area contributed by atoms with Crippen LogP contribution in [0.4, 0.5) is 5.88 Å². The average Bonchev–Trinajstić information content (AvgIpc) is 2.89. The lowest BCUT2D eigenvalue weighted by atomic mass is 9.89. The topological polar surface area (TPSA) is 97.7 Å². The van der Waals surface area contributed by atoms with Crippen LogP contribution in [0.25, 0.3) is 0 Å². The van der Waals surface area contributed by atoms with E-state index in [9.17, 15) is 14.9 Å². The maximum absolute atomic E-state index is 11.7. The minimum atomic E-state index is -0.627. The van der Waals surface area contributed by atoms with Gasteiger partial charge in [0.05, 0.1) is 12.3 Å². The van der Waals surface area contributed by atoms with Crippen molar-refractivity contribution in [3.05, 3.63) is 28.0 Å². The largest absolute Gasteiger partial charge is 0.433 e. The van der Waals surface area contributed by atoms with Gasteiger partial charge in [0.2, 0.25) is 5.91 Å². The van der Waals surface area contributed by atoms with E-state index in [2.05, 4.69) is 10.5 Å². The second kappa shape index (κ2) is 6.12. The Morgan fingerprint density at radius 3 is 2.79 bits per heavy atom. The van der Waals surface area contributed by atoms with Gasteiger partial charge in [0.15, 0.2) is 5.76 Å². The van der Waals surface area contributed by atoms with Crippen LogP contribution >= 0.6 is 0 Å². The van der Waals surface area contributed by atoms with Crippen molar-refractivity contribution in [2.45, 2.75) is 32.1 Å². The van der Waals surface area contributed by atoms with Crippen molar-refractivity contribution in [1.29, 1.82) is 0 Å². The first-order chi connectivity index (χ1) is 9.16. The summed E-state index contributed by atoms with van der Waals surface area (Å²) in [6.07, 6.45) is 6.39. The van der Waals surface area contributed by atoms with Crippen LogP contribution in [-0.2, 0) is 4.79 Å². The molecule has 0 atom stereocenters. The quantitative estimate of drug-likeness (QED) is 0.512. The number of hydrazone groups is 1. The van der Waals surface area contributed by atoms with Gasteiger partial charge in [-0.15, -0.1) is 0 Å². The lowest BCUT2D eigenvalue weighted by molar-refractivity contribution is -0.402. The molecule has 1 aliphatic carbocycles. The van der Waals surface area contributed by atoms with Crippen LogP contribution in [0.5, 0.6) is 0 Å². The van der Waals surface area contributed by atoms with Gasteiger partial charge >= 0.3 is 5.88 Å². The molecule has 0 spiro atoms. The number of carbonyl (C=O) groups is 1. The SMILES string of the molecule is O=C(N/N=C/c1ccc([N+](=O)[O-])o1)C1CCCCC1. The number of hydrogen-bond acceptors (Lipinski definition) is 5. The molecular formula is C12H15N3O4. The van der Waals surface area contributed by atoms with Gasteiger partial charge in [0, 0.05) is 5.92 Å². The summed E-state index contributed by atoms with van der Waals surface area (Å²) in [5.74, 6) is -0.190. The molecule has 7 nitrogen and oxygen atoms in total. The van der Waals surface area contributed by atoms with Gasteiger partial charge in [-0.05, 0) is 18.9 Å². The lowest BCUT2D eigenvalue weighted by Crippen LogP contribution is -2.28. The van der Waals surface area contributed by atoms with Crippen molar-refractivity contribution in [2.75, 3.05) is 0 Å². The molecule has 19 heavy (non-hydrogen) atoms. The third-order valence-electron chi connectivity index (χ3n) is 3.14. The normalized spacial score (nSPS) is 16.6. The Hall–Kier alpha value is -2.18. The second-order valence-electron chi connectivity index (χ2n) is 4.50. The third-order valence-corrected chi connectivity index (χ3v) is 3.14. The molecule has 1 amide bonds. The van der Waals surface area contributed by atoms with Crippen LogP contribution in [0.2, 0.25) is 0 Å². The molecule has 0 saturated heterocycles. The van der Waals surface area contributed by atoms with E-state index in [0.29, 0.717) is 0 Å². The monoisotopic (exact) mass is 265 g/mol. The molecular weight excluding hydrogens is 250 g/mol. The summed E-state index contributed by atoms with van der Waals surface area (Å²) in [6.45, 7) is 0. The first-order valence-corrected chi connectivity index (χ1v) is 6.24. The van der Waals surface area contributed by atoms with Crippen LogP contribution in [0.1, 0.15) is 37.9 Å². The van der Waals surface area contributed by atoms with E-state index in [1.807, 2.05) is 0 Å². The smallest absolute Gasteiger partial charge is 0.400 e. The number of nitrogens with zero attached hydrogens (tertiary/aromatic N) is 2. The number of rotatable bonds is 4. The fraction of sp³-hybridized carbons (Fsp3) is 0.500. The van der Waals surface area contributed by atoms with Crippen molar-refractivity contribution < 1.29 is 14.1 Å². The Labute approximate surface area is 109 Å². The zero-order valence-corrected chi connectivity index (χ0v) is 10.4. The molecule has 1 aromatic rings. The molecule has 2 rings (SSSR count). The summed E-state index contributed by atoms with van der Waals surface area (Å²) in [7, 11) is 0. The maximum atomic E-state index is 11.7. The first-order valence-electron chi connectivity index (χ1n) is 6.24. The van der Waals surface area contributed by atoms with Crippen LogP contribution in [-0.4, -0.2) is 17.0 Å². The van der Waals surface area contributed by atoms with Crippen molar-refractivity contribution in [3.63, 3.8) is 0 Å². The van der Waals surface area contributed by atoms with Crippen molar-refractivity contribution >= 4 is 18.0 Å². The Kier molecular flexibility index (Phi) is 4.27. The van der Waals surface area contributed by atoms with Crippen molar-refractivity contribution in [1.82, 2.24) is 5.43 Å². The van der Waals surface area contributed by atoms with Gasteiger partial charge in [0.1, 0.15) is 4.92 Å². The van der Waals surface area contributed by atoms with Crippen molar-refractivity contribution in [2.24, 2.45) is 11.0 Å². The van der Waals surface area contributed by atoms with Gasteiger partial charge in [-0.2, -0.15) is 5.10 Å². The minimum absolute atomic E-state index is 0.0248. The van der Waals surface area contributed by atoms with E-state index in [1.54, 1.807) is 0 Å². The number of carbonyl (C=O) groups excluding carboxylic acids is 1. The molecule has 1 aliphatic rings. The second-order valence-corrected chi connectivity index (χ2v) is 4.50. The number of hydrogen-bond donors (Lipinski definition) is 1. The van der Waals surface area contributed by atoms with Crippen LogP contribution < -0.4 is 5.43 Å². The van der Waals surface area contributed by atoms with E-state index in [1.165, 1.54) is 24.8 Å². The van der Waals surface area contributed by atoms with E-state index in [0.717, 1.165) is 25.7 Å². The number of nitro groups is 1. The number of furan rings is 1. The molecule has 7 heteroatoms. The Balaban J connectivity index is 1.84. The Bertz CT molecular complexity index is 489. The van der Waals surface area contributed by atoms with E-state index >= 15 is 0 Å². The van der Waals surface area contributed by atoms with Crippen LogP contribution in [0, 0.1) is 16.0 Å². The molecule has 1 heterocycles. The molecule has 102 valence electrons. The summed E-state index contributed by atoms with van der Waals surface area (Å²) < 4.78 is 4.87. The summed E-state index contributed by atoms with van der Waals surface area (Å²) >= 11 is 0. The molecule has 1 aromatic heterocycles. The van der Waals surface area contributed by atoms with Gasteiger partial charge in [-0.3, -0.25) is 14.9 Å². The maximum Gasteiger partial charge on any atom is 0.433 e. The zero-order chi connectivity index (χ0) is 13.7. The van der Waals surface area contributed by atoms with E-state index in [-0.39, 0.29) is 23.5 Å². The standard InChI is InChI=1S/C12H15N3O4/c16-12(9-4-2-1-3-5-9)14-13-8-10-6-7-11(19-10)15(17)18/h6-9H,1-5H2,(H,14,16)/b13-8+. The molecule has 0 aliphatic heterocycles. The molecule has 0 bridgehead atoms. The van der Waals surface area contributed by atoms with Gasteiger partial charge in [0.25, 0.3) is 0 Å². The number of nitrogens with one attached hydrogen (secondary N) is 1. The predicted molar refractivity (Wildman–Crippen MR) is 67.7 cm³/mol. The van der Waals surface area contributed by atoms with Crippen molar-refractivity contribution in [3.8, 4) is 0 Å². The fourth-order valence-corrected chi connectivity index (χ4v) is 2.13. The summed E-state index contributed by atoms with van der Waals surface area (Å²) in [4.78, 5) is 21.5. The highest BCUT2D eigenvalue weighted by molar-refractivity contribution is 5.81. The highest BCUT2D eigenvalue weighted by atomic mass is 16.6. The van der Waals surface area contributed by atoms with E-state index in [4.69, 9.17) is 4.42 Å². The number of amides is 1. The third kappa shape index (κ3) is 3.64. The molecule has 0 aromatic carbocycles. The fourth-order valence-electron chi connectivity index (χ4n) is 2.13. The summed E-state index contributed by atoms with van der Waals surface area (Å²) in [5.41, 5.74) is 2.44. The molecule has 1 fully saturated rings. The van der Waals surface area contributed by atoms with Crippen LogP contribution in [0.3, 0.4) is 0 Å². The highest BCUT2D eigenvalue weighted by Gasteiger charge is 2.20. The lowest BCUT2D eigenvalue weighted by Gasteiger charge is -2.19.